The predicted octanol–water partition coefficient (Wildman–Crippen LogP) is 0.624. The molecule has 0 bridgehead atoms. The molecule has 1 fully saturated rings. The maximum atomic E-state index is 12.0. The van der Waals surface area contributed by atoms with Crippen LogP contribution in [0.15, 0.2) is 30.0 Å². The number of imide groups is 1. The maximum absolute atomic E-state index is 12.0. The second kappa shape index (κ2) is 5.88. The van der Waals surface area contributed by atoms with Gasteiger partial charge in [0, 0.05) is 0 Å². The number of hydrogen-bond acceptors (Lipinski definition) is 5. The highest BCUT2D eigenvalue weighted by Crippen LogP contribution is 2.14. The first-order valence-corrected chi connectivity index (χ1v) is 5.96. The molecule has 7 nitrogen and oxygen atoms in total. The van der Waals surface area contributed by atoms with Crippen molar-refractivity contribution in [2.24, 2.45) is 0 Å². The van der Waals surface area contributed by atoms with Crippen LogP contribution in [0.4, 0.5) is 4.79 Å². The zero-order valence-electron chi connectivity index (χ0n) is 11.1. The monoisotopic (exact) mass is 285 g/mol. The van der Waals surface area contributed by atoms with Gasteiger partial charge >= 0.3 is 12.0 Å². The predicted molar refractivity (Wildman–Crippen MR) is 71.4 cm³/mol. The third-order valence-corrected chi connectivity index (χ3v) is 2.83. The molecule has 1 aromatic rings. The summed E-state index contributed by atoms with van der Waals surface area (Å²) in [5, 5.41) is 11.1. The molecule has 1 aromatic carbocycles. The molecule has 0 aromatic heterocycles. The van der Waals surface area contributed by atoms with E-state index in [1.165, 1.54) is 13.2 Å². The molecule has 1 saturated heterocycles. The van der Waals surface area contributed by atoms with Gasteiger partial charge in [-0.2, -0.15) is 5.26 Å². The molecule has 1 aliphatic rings. The van der Waals surface area contributed by atoms with Gasteiger partial charge in [-0.15, -0.1) is 0 Å². The first-order valence-electron chi connectivity index (χ1n) is 5.96. The van der Waals surface area contributed by atoms with Crippen molar-refractivity contribution in [1.82, 2.24) is 10.2 Å². The summed E-state index contributed by atoms with van der Waals surface area (Å²) in [6, 6.07) is 7.79. The van der Waals surface area contributed by atoms with E-state index in [1.54, 1.807) is 24.3 Å². The highest BCUT2D eigenvalue weighted by Gasteiger charge is 2.35. The normalized spacial score (nSPS) is 15.8. The van der Waals surface area contributed by atoms with Crippen LogP contribution >= 0.6 is 0 Å². The van der Waals surface area contributed by atoms with Gasteiger partial charge in [0.15, 0.2) is 0 Å². The van der Waals surface area contributed by atoms with Crippen molar-refractivity contribution < 1.29 is 19.1 Å². The van der Waals surface area contributed by atoms with Crippen molar-refractivity contribution in [1.29, 1.82) is 5.26 Å². The van der Waals surface area contributed by atoms with Gasteiger partial charge in [-0.25, -0.2) is 9.69 Å². The molecule has 0 unspecified atom stereocenters. The Hall–Kier alpha value is -3.14. The number of nitriles is 1. The van der Waals surface area contributed by atoms with Crippen molar-refractivity contribution in [2.45, 2.75) is 0 Å². The lowest BCUT2D eigenvalue weighted by molar-refractivity contribution is -0.143. The van der Waals surface area contributed by atoms with E-state index in [2.05, 4.69) is 10.1 Å². The van der Waals surface area contributed by atoms with Gasteiger partial charge in [0.05, 0.1) is 18.7 Å². The van der Waals surface area contributed by atoms with Crippen LogP contribution in [0, 0.1) is 11.3 Å². The van der Waals surface area contributed by atoms with Gasteiger partial charge in [0.2, 0.25) is 0 Å². The third-order valence-electron chi connectivity index (χ3n) is 2.83. The lowest BCUT2D eigenvalue weighted by atomic mass is 10.1. The lowest BCUT2D eigenvalue weighted by Crippen LogP contribution is -2.36. The Morgan fingerprint density at radius 1 is 1.38 bits per heavy atom. The summed E-state index contributed by atoms with van der Waals surface area (Å²) in [6.07, 6.45) is 1.47. The molecular weight excluding hydrogens is 274 g/mol. The Bertz CT molecular complexity index is 670. The SMILES string of the molecule is COC(=O)CN1C(=O)N/C(=C/c2ccc(C#N)cc2)C1=O. The molecule has 7 heteroatoms. The zero-order chi connectivity index (χ0) is 15.4. The minimum absolute atomic E-state index is 0.0635. The van der Waals surface area contributed by atoms with Crippen LogP contribution in [-0.4, -0.2) is 36.5 Å². The molecule has 1 heterocycles. The zero-order valence-corrected chi connectivity index (χ0v) is 11.1. The molecule has 0 aliphatic carbocycles. The number of rotatable bonds is 3. The van der Waals surface area contributed by atoms with Crippen LogP contribution in [0.1, 0.15) is 11.1 Å². The van der Waals surface area contributed by atoms with Crippen molar-refractivity contribution in [3.05, 3.63) is 41.1 Å². The summed E-state index contributed by atoms with van der Waals surface area (Å²) >= 11 is 0. The molecule has 0 saturated carbocycles. The van der Waals surface area contributed by atoms with E-state index in [9.17, 15) is 14.4 Å². The van der Waals surface area contributed by atoms with Crippen LogP contribution in [0.5, 0.6) is 0 Å². The van der Waals surface area contributed by atoms with Crippen molar-refractivity contribution in [3.8, 4) is 6.07 Å². The average Bonchev–Trinajstić information content (AvgIpc) is 2.75. The second-order valence-corrected chi connectivity index (χ2v) is 4.19. The number of amides is 3. The first kappa shape index (κ1) is 14.3. The molecule has 0 spiro atoms. The number of carbonyl (C=O) groups is 3. The summed E-state index contributed by atoms with van der Waals surface area (Å²) in [4.78, 5) is 35.6. The van der Waals surface area contributed by atoms with Gasteiger partial charge in [-0.1, -0.05) is 12.1 Å². The quantitative estimate of drug-likeness (QED) is 0.498. The van der Waals surface area contributed by atoms with E-state index in [0.717, 1.165) is 4.90 Å². The van der Waals surface area contributed by atoms with E-state index in [4.69, 9.17) is 5.26 Å². The Morgan fingerprint density at radius 3 is 2.62 bits per heavy atom. The number of esters is 1. The number of nitrogens with zero attached hydrogens (tertiary/aromatic N) is 2. The van der Waals surface area contributed by atoms with Gasteiger partial charge in [-0.05, 0) is 23.8 Å². The molecular formula is C14H11N3O4. The smallest absolute Gasteiger partial charge is 0.329 e. The Balaban J connectivity index is 2.19. The summed E-state index contributed by atoms with van der Waals surface area (Å²) in [5.74, 6) is -1.28. The van der Waals surface area contributed by atoms with E-state index < -0.39 is 24.5 Å². The van der Waals surface area contributed by atoms with E-state index in [-0.39, 0.29) is 5.70 Å². The molecule has 1 aliphatic heterocycles. The highest BCUT2D eigenvalue weighted by atomic mass is 16.5. The number of benzene rings is 1. The number of urea groups is 1. The van der Waals surface area contributed by atoms with E-state index in [1.807, 2.05) is 6.07 Å². The fraction of sp³-hybridized carbons (Fsp3) is 0.143. The Labute approximate surface area is 120 Å². The minimum Gasteiger partial charge on any atom is -0.468 e. The molecule has 2 rings (SSSR count). The number of methoxy groups -OCH3 is 1. The summed E-state index contributed by atoms with van der Waals surface area (Å²) in [5.41, 5.74) is 1.21. The number of nitrogens with one attached hydrogen (secondary N) is 1. The summed E-state index contributed by atoms with van der Waals surface area (Å²) in [6.45, 7) is -0.439. The molecule has 21 heavy (non-hydrogen) atoms. The molecule has 0 atom stereocenters. The molecule has 3 amide bonds. The second-order valence-electron chi connectivity index (χ2n) is 4.19. The number of ether oxygens (including phenoxy) is 1. The van der Waals surface area contributed by atoms with Gasteiger partial charge in [-0.3, -0.25) is 9.59 Å². The first-order chi connectivity index (χ1) is 10.0. The van der Waals surface area contributed by atoms with Gasteiger partial charge < -0.3 is 10.1 Å². The average molecular weight is 285 g/mol. The van der Waals surface area contributed by atoms with Crippen molar-refractivity contribution in [3.63, 3.8) is 0 Å². The van der Waals surface area contributed by atoms with Crippen LogP contribution in [0.25, 0.3) is 6.08 Å². The Morgan fingerprint density at radius 2 is 2.05 bits per heavy atom. The number of carbonyl (C=O) groups excluding carboxylic acids is 3. The van der Waals surface area contributed by atoms with Crippen LogP contribution in [-0.2, 0) is 14.3 Å². The molecule has 0 radical (unpaired) electrons. The largest absolute Gasteiger partial charge is 0.468 e. The van der Waals surface area contributed by atoms with E-state index >= 15 is 0 Å². The maximum Gasteiger partial charge on any atom is 0.329 e. The minimum atomic E-state index is -0.682. The van der Waals surface area contributed by atoms with Crippen LogP contribution in [0.3, 0.4) is 0 Å². The molecule has 1 N–H and O–H groups in total. The van der Waals surface area contributed by atoms with Crippen LogP contribution in [0.2, 0.25) is 0 Å². The summed E-state index contributed by atoms with van der Waals surface area (Å²) in [7, 11) is 1.17. The summed E-state index contributed by atoms with van der Waals surface area (Å²) < 4.78 is 4.42. The highest BCUT2D eigenvalue weighted by molar-refractivity contribution is 6.15. The fourth-order valence-corrected chi connectivity index (χ4v) is 1.73. The third kappa shape index (κ3) is 3.06. The number of hydrogen-bond donors (Lipinski definition) is 1. The van der Waals surface area contributed by atoms with Crippen LogP contribution < -0.4 is 5.32 Å². The van der Waals surface area contributed by atoms with Crippen molar-refractivity contribution in [2.75, 3.05) is 13.7 Å². The molecule has 106 valence electrons. The fourth-order valence-electron chi connectivity index (χ4n) is 1.73. The topological polar surface area (TPSA) is 99.5 Å². The van der Waals surface area contributed by atoms with E-state index in [0.29, 0.717) is 11.1 Å². The standard InChI is InChI=1S/C14H11N3O4/c1-21-12(18)8-17-13(19)11(16-14(17)20)6-9-2-4-10(7-15)5-3-9/h2-6H,8H2,1H3,(H,16,20)/b11-6+. The van der Waals surface area contributed by atoms with Crippen molar-refractivity contribution >= 4 is 24.0 Å². The van der Waals surface area contributed by atoms with Gasteiger partial charge in [0.1, 0.15) is 12.2 Å². The lowest BCUT2D eigenvalue weighted by Gasteiger charge is -2.08. The van der Waals surface area contributed by atoms with Gasteiger partial charge in [0.25, 0.3) is 5.91 Å². The Kier molecular flexibility index (Phi) is 4.00.